The van der Waals surface area contributed by atoms with E-state index in [0.29, 0.717) is 37.9 Å². The first kappa shape index (κ1) is 17.4. The molecule has 1 atom stereocenters. The summed E-state index contributed by atoms with van der Waals surface area (Å²) in [5, 5.41) is 20.0. The van der Waals surface area contributed by atoms with Gasteiger partial charge < -0.3 is 10.2 Å². The molecule has 1 fully saturated rings. The number of rotatable bonds is 3. The molecular weight excluding hydrogens is 302 g/mol. The van der Waals surface area contributed by atoms with Crippen LogP contribution in [0.15, 0.2) is 29.2 Å². The van der Waals surface area contributed by atoms with Gasteiger partial charge in [-0.15, -0.1) is 0 Å². The highest BCUT2D eigenvalue weighted by Crippen LogP contribution is 2.27. The van der Waals surface area contributed by atoms with Crippen molar-refractivity contribution in [3.8, 4) is 0 Å². The topological polar surface area (TPSA) is 77.8 Å². The molecule has 1 aromatic rings. The Morgan fingerprint density at radius 1 is 1.14 bits per heavy atom. The van der Waals surface area contributed by atoms with Crippen molar-refractivity contribution in [3.63, 3.8) is 0 Å². The zero-order chi connectivity index (χ0) is 16.6. The van der Waals surface area contributed by atoms with Gasteiger partial charge in [0.1, 0.15) is 0 Å². The first-order chi connectivity index (χ1) is 10.0. The third-order valence-electron chi connectivity index (χ3n) is 4.22. The van der Waals surface area contributed by atoms with E-state index in [4.69, 9.17) is 0 Å². The maximum absolute atomic E-state index is 12.7. The molecule has 2 N–H and O–H groups in total. The van der Waals surface area contributed by atoms with Gasteiger partial charge in [0.15, 0.2) is 0 Å². The summed E-state index contributed by atoms with van der Waals surface area (Å²) in [5.74, 6) is 0. The highest BCUT2D eigenvalue weighted by Gasteiger charge is 2.31. The van der Waals surface area contributed by atoms with Crippen LogP contribution in [-0.2, 0) is 15.6 Å². The van der Waals surface area contributed by atoms with Crippen LogP contribution in [0.1, 0.15) is 45.6 Å². The minimum absolute atomic E-state index is 0.224. The van der Waals surface area contributed by atoms with Crippen molar-refractivity contribution in [2.45, 2.75) is 56.1 Å². The highest BCUT2D eigenvalue weighted by molar-refractivity contribution is 7.89. The van der Waals surface area contributed by atoms with Gasteiger partial charge in [-0.25, -0.2) is 8.42 Å². The molecule has 1 aliphatic heterocycles. The molecule has 0 amide bonds. The number of sulfonamides is 1. The van der Waals surface area contributed by atoms with E-state index in [2.05, 4.69) is 0 Å². The average Bonchev–Trinajstić information content (AvgIpc) is 2.59. The molecule has 1 aliphatic rings. The molecular formula is C16H25NO4S. The molecule has 5 nitrogen and oxygen atoms in total. The third-order valence-corrected chi connectivity index (χ3v) is 6.13. The monoisotopic (exact) mass is 327 g/mol. The molecule has 1 unspecified atom stereocenters. The quantitative estimate of drug-likeness (QED) is 0.888. The van der Waals surface area contributed by atoms with Gasteiger partial charge in [-0.2, -0.15) is 4.31 Å². The summed E-state index contributed by atoms with van der Waals surface area (Å²) in [7, 11) is -3.56. The molecule has 2 rings (SSSR count). The maximum atomic E-state index is 12.7. The van der Waals surface area contributed by atoms with Crippen molar-refractivity contribution in [1.82, 2.24) is 4.31 Å². The minimum atomic E-state index is -3.56. The van der Waals surface area contributed by atoms with E-state index in [1.807, 2.05) is 0 Å². The summed E-state index contributed by atoms with van der Waals surface area (Å²) in [6.45, 7) is 5.82. The van der Waals surface area contributed by atoms with Crippen LogP contribution >= 0.6 is 0 Å². The standard InChI is InChI=1S/C16H25NO4S/c1-15(2,18)13-5-7-14(8-6-13)22(20,21)17-11-4-9-16(3,19)10-12-17/h5-8,18-19H,4,9-12H2,1-3H3. The van der Waals surface area contributed by atoms with Gasteiger partial charge in [0.2, 0.25) is 10.0 Å². The highest BCUT2D eigenvalue weighted by atomic mass is 32.2. The SMILES string of the molecule is CC1(O)CCCN(S(=O)(=O)c2ccc(C(C)(C)O)cc2)CC1. The summed E-state index contributed by atoms with van der Waals surface area (Å²) in [5.41, 5.74) is -1.12. The first-order valence-corrected chi connectivity index (χ1v) is 9.02. The third kappa shape index (κ3) is 3.87. The van der Waals surface area contributed by atoms with Crippen molar-refractivity contribution in [2.24, 2.45) is 0 Å². The van der Waals surface area contributed by atoms with Crippen molar-refractivity contribution >= 4 is 10.0 Å². The largest absolute Gasteiger partial charge is 0.390 e. The second-order valence-corrected chi connectivity index (χ2v) is 8.78. The minimum Gasteiger partial charge on any atom is -0.390 e. The Bertz CT molecular complexity index is 615. The molecule has 0 bridgehead atoms. The molecule has 1 aromatic carbocycles. The Morgan fingerprint density at radius 3 is 2.27 bits per heavy atom. The second kappa shape index (κ2) is 5.92. The number of aliphatic hydroxyl groups is 2. The summed E-state index contributed by atoms with van der Waals surface area (Å²) in [6, 6.07) is 6.35. The molecule has 1 heterocycles. The molecule has 0 radical (unpaired) electrons. The molecule has 0 aromatic heterocycles. The second-order valence-electron chi connectivity index (χ2n) is 6.84. The average molecular weight is 327 g/mol. The Hall–Kier alpha value is -0.950. The van der Waals surface area contributed by atoms with Crippen molar-refractivity contribution in [1.29, 1.82) is 0 Å². The van der Waals surface area contributed by atoms with Crippen LogP contribution in [0.3, 0.4) is 0 Å². The maximum Gasteiger partial charge on any atom is 0.243 e. The summed E-state index contributed by atoms with van der Waals surface area (Å²) in [4.78, 5) is 0.224. The van der Waals surface area contributed by atoms with Gasteiger partial charge in [0.25, 0.3) is 0 Å². The van der Waals surface area contributed by atoms with Crippen LogP contribution in [0.5, 0.6) is 0 Å². The van der Waals surface area contributed by atoms with E-state index in [1.165, 1.54) is 16.4 Å². The Kier molecular flexibility index (Phi) is 4.69. The van der Waals surface area contributed by atoms with E-state index in [-0.39, 0.29) is 4.90 Å². The Balaban J connectivity index is 2.23. The summed E-state index contributed by atoms with van der Waals surface area (Å²) < 4.78 is 26.8. The zero-order valence-electron chi connectivity index (χ0n) is 13.4. The van der Waals surface area contributed by atoms with Crippen LogP contribution in [0.4, 0.5) is 0 Å². The van der Waals surface area contributed by atoms with Gasteiger partial charge >= 0.3 is 0 Å². The van der Waals surface area contributed by atoms with E-state index >= 15 is 0 Å². The van der Waals surface area contributed by atoms with Crippen molar-refractivity contribution < 1.29 is 18.6 Å². The predicted octanol–water partition coefficient (Wildman–Crippen LogP) is 1.84. The number of nitrogens with zero attached hydrogens (tertiary/aromatic N) is 1. The van der Waals surface area contributed by atoms with Crippen LogP contribution in [0.2, 0.25) is 0 Å². The Labute approximate surface area is 132 Å². The molecule has 0 spiro atoms. The van der Waals surface area contributed by atoms with E-state index in [9.17, 15) is 18.6 Å². The summed E-state index contributed by atoms with van der Waals surface area (Å²) >= 11 is 0. The lowest BCUT2D eigenvalue weighted by molar-refractivity contribution is 0.0465. The Morgan fingerprint density at radius 2 is 1.73 bits per heavy atom. The van der Waals surface area contributed by atoms with Crippen LogP contribution < -0.4 is 0 Å². The number of hydrogen-bond donors (Lipinski definition) is 2. The molecule has 124 valence electrons. The van der Waals surface area contributed by atoms with Crippen molar-refractivity contribution in [2.75, 3.05) is 13.1 Å². The lowest BCUT2D eigenvalue weighted by atomic mass is 9.98. The molecule has 22 heavy (non-hydrogen) atoms. The van der Waals surface area contributed by atoms with E-state index in [0.717, 1.165) is 0 Å². The van der Waals surface area contributed by atoms with Gasteiger partial charge in [-0.1, -0.05) is 12.1 Å². The zero-order valence-corrected chi connectivity index (χ0v) is 14.2. The van der Waals surface area contributed by atoms with Gasteiger partial charge in [0.05, 0.1) is 16.1 Å². The van der Waals surface area contributed by atoms with Crippen molar-refractivity contribution in [3.05, 3.63) is 29.8 Å². The number of benzene rings is 1. The molecule has 0 aliphatic carbocycles. The molecule has 0 saturated carbocycles. The normalized spacial score (nSPS) is 25.0. The van der Waals surface area contributed by atoms with E-state index < -0.39 is 21.2 Å². The lowest BCUT2D eigenvalue weighted by Gasteiger charge is -2.23. The smallest absolute Gasteiger partial charge is 0.243 e. The lowest BCUT2D eigenvalue weighted by Crippen LogP contribution is -2.33. The first-order valence-electron chi connectivity index (χ1n) is 7.58. The van der Waals surface area contributed by atoms with Crippen LogP contribution in [0, 0.1) is 0 Å². The van der Waals surface area contributed by atoms with Gasteiger partial charge in [-0.05, 0) is 57.7 Å². The predicted molar refractivity (Wildman–Crippen MR) is 84.9 cm³/mol. The fourth-order valence-corrected chi connectivity index (χ4v) is 4.14. The van der Waals surface area contributed by atoms with Crippen LogP contribution in [0.25, 0.3) is 0 Å². The molecule has 1 saturated heterocycles. The molecule has 6 heteroatoms. The summed E-state index contributed by atoms with van der Waals surface area (Å²) in [6.07, 6.45) is 1.69. The number of hydrogen-bond acceptors (Lipinski definition) is 4. The van der Waals surface area contributed by atoms with E-state index in [1.54, 1.807) is 32.9 Å². The van der Waals surface area contributed by atoms with Gasteiger partial charge in [-0.3, -0.25) is 0 Å². The van der Waals surface area contributed by atoms with Gasteiger partial charge in [0, 0.05) is 13.1 Å². The fraction of sp³-hybridized carbons (Fsp3) is 0.625. The fourth-order valence-electron chi connectivity index (χ4n) is 2.66. The van der Waals surface area contributed by atoms with Crippen LogP contribution in [-0.4, -0.2) is 41.6 Å².